The molecule has 0 saturated carbocycles. The summed E-state index contributed by atoms with van der Waals surface area (Å²) in [7, 11) is 1.52. The number of ether oxygens (including phenoxy) is 1. The monoisotopic (exact) mass is 410 g/mol. The SMILES string of the molecule is COc1c(CC=C(C)C)c(O)c2c(=O)c3cc(O)c(O)cc3oc2c1CC=C(C)C. The molecule has 0 amide bonds. The molecule has 158 valence electrons. The Labute approximate surface area is 174 Å². The average molecular weight is 410 g/mol. The molecule has 0 atom stereocenters. The summed E-state index contributed by atoms with van der Waals surface area (Å²) in [5.41, 5.74) is 3.10. The summed E-state index contributed by atoms with van der Waals surface area (Å²) in [6, 6.07) is 2.34. The van der Waals surface area contributed by atoms with E-state index in [4.69, 9.17) is 9.15 Å². The summed E-state index contributed by atoms with van der Waals surface area (Å²) in [6.07, 6.45) is 4.74. The Morgan fingerprint density at radius 2 is 1.53 bits per heavy atom. The fraction of sp³-hybridized carbons (Fsp3) is 0.292. The number of allylic oxidation sites excluding steroid dienone is 4. The van der Waals surface area contributed by atoms with Crippen LogP contribution in [0.15, 0.2) is 44.6 Å². The molecule has 0 bridgehead atoms. The summed E-state index contributed by atoms with van der Waals surface area (Å²) in [5, 5.41) is 30.8. The molecule has 0 fully saturated rings. The molecule has 3 N–H and O–H groups in total. The lowest BCUT2D eigenvalue weighted by Gasteiger charge is -2.17. The van der Waals surface area contributed by atoms with E-state index in [0.29, 0.717) is 29.7 Å². The van der Waals surface area contributed by atoms with Crippen molar-refractivity contribution in [2.45, 2.75) is 40.5 Å². The smallest absolute Gasteiger partial charge is 0.204 e. The van der Waals surface area contributed by atoms with Crippen molar-refractivity contribution in [1.29, 1.82) is 0 Å². The predicted octanol–water partition coefficient (Wildman–Crippen LogP) is 5.09. The Hall–Kier alpha value is -3.41. The fourth-order valence-corrected chi connectivity index (χ4v) is 3.42. The molecular weight excluding hydrogens is 384 g/mol. The van der Waals surface area contributed by atoms with Crippen LogP contribution in [0.4, 0.5) is 0 Å². The van der Waals surface area contributed by atoms with Crippen molar-refractivity contribution >= 4 is 21.9 Å². The molecule has 0 radical (unpaired) electrons. The minimum absolute atomic E-state index is 0.0303. The van der Waals surface area contributed by atoms with Crippen molar-refractivity contribution in [2.24, 2.45) is 0 Å². The van der Waals surface area contributed by atoms with Crippen molar-refractivity contribution in [3.05, 3.63) is 56.8 Å². The first-order valence-electron chi connectivity index (χ1n) is 9.65. The number of benzene rings is 2. The zero-order chi connectivity index (χ0) is 22.2. The van der Waals surface area contributed by atoms with Gasteiger partial charge in [-0.25, -0.2) is 0 Å². The highest BCUT2D eigenvalue weighted by atomic mass is 16.5. The van der Waals surface area contributed by atoms with E-state index in [1.165, 1.54) is 13.2 Å². The van der Waals surface area contributed by atoms with Gasteiger partial charge in [-0.15, -0.1) is 0 Å². The second-order valence-electron chi connectivity index (χ2n) is 7.78. The minimum atomic E-state index is -0.487. The van der Waals surface area contributed by atoms with Crippen LogP contribution >= 0.6 is 0 Å². The van der Waals surface area contributed by atoms with Crippen molar-refractivity contribution in [2.75, 3.05) is 7.11 Å². The molecule has 0 aliphatic rings. The number of methoxy groups -OCH3 is 1. The minimum Gasteiger partial charge on any atom is -0.507 e. The van der Waals surface area contributed by atoms with Gasteiger partial charge in [0.2, 0.25) is 5.43 Å². The summed E-state index contributed by atoms with van der Waals surface area (Å²) < 4.78 is 11.6. The maximum Gasteiger partial charge on any atom is 0.204 e. The summed E-state index contributed by atoms with van der Waals surface area (Å²) >= 11 is 0. The Bertz CT molecular complexity index is 1250. The van der Waals surface area contributed by atoms with Crippen molar-refractivity contribution in [1.82, 2.24) is 0 Å². The third-order valence-electron chi connectivity index (χ3n) is 4.97. The van der Waals surface area contributed by atoms with E-state index >= 15 is 0 Å². The largest absolute Gasteiger partial charge is 0.507 e. The molecule has 30 heavy (non-hydrogen) atoms. The molecule has 0 aliphatic heterocycles. The molecule has 2 aromatic carbocycles. The number of fused-ring (bicyclic) bond motifs is 2. The van der Waals surface area contributed by atoms with E-state index < -0.39 is 16.9 Å². The zero-order valence-corrected chi connectivity index (χ0v) is 17.8. The zero-order valence-electron chi connectivity index (χ0n) is 17.8. The molecule has 6 heteroatoms. The van der Waals surface area contributed by atoms with Gasteiger partial charge in [0.15, 0.2) is 11.5 Å². The van der Waals surface area contributed by atoms with Gasteiger partial charge in [0, 0.05) is 17.2 Å². The molecule has 3 rings (SSSR count). The lowest BCUT2D eigenvalue weighted by molar-refractivity contribution is 0.397. The molecule has 0 saturated heterocycles. The average Bonchev–Trinajstić information content (AvgIpc) is 2.67. The van der Waals surface area contributed by atoms with Gasteiger partial charge in [-0.05, 0) is 46.6 Å². The molecule has 6 nitrogen and oxygen atoms in total. The number of hydrogen-bond acceptors (Lipinski definition) is 6. The van der Waals surface area contributed by atoms with E-state index in [0.717, 1.165) is 17.2 Å². The summed E-state index contributed by atoms with van der Waals surface area (Å²) in [6.45, 7) is 7.83. The van der Waals surface area contributed by atoms with Crippen LogP contribution < -0.4 is 10.2 Å². The molecule has 1 aromatic heterocycles. The quantitative estimate of drug-likeness (QED) is 0.308. The van der Waals surface area contributed by atoms with Gasteiger partial charge in [-0.2, -0.15) is 0 Å². The second-order valence-corrected chi connectivity index (χ2v) is 7.78. The Balaban J connectivity index is 2.53. The Morgan fingerprint density at radius 3 is 2.10 bits per heavy atom. The number of phenolic OH excluding ortho intramolecular Hbond substituents is 3. The Kier molecular flexibility index (Phi) is 5.78. The van der Waals surface area contributed by atoms with Gasteiger partial charge in [0.25, 0.3) is 0 Å². The van der Waals surface area contributed by atoms with E-state index in [-0.39, 0.29) is 27.7 Å². The van der Waals surface area contributed by atoms with E-state index in [9.17, 15) is 20.1 Å². The van der Waals surface area contributed by atoms with Crippen molar-refractivity contribution in [3.63, 3.8) is 0 Å². The van der Waals surface area contributed by atoms with Crippen LogP contribution in [0.2, 0.25) is 0 Å². The molecule has 0 spiro atoms. The third kappa shape index (κ3) is 3.73. The number of aromatic hydroxyl groups is 3. The first-order valence-corrected chi connectivity index (χ1v) is 9.65. The van der Waals surface area contributed by atoms with Gasteiger partial charge in [-0.3, -0.25) is 4.79 Å². The van der Waals surface area contributed by atoms with Crippen molar-refractivity contribution < 1.29 is 24.5 Å². The number of rotatable bonds is 5. The van der Waals surface area contributed by atoms with Crippen LogP contribution in [0.1, 0.15) is 38.8 Å². The van der Waals surface area contributed by atoms with E-state index in [2.05, 4.69) is 0 Å². The van der Waals surface area contributed by atoms with Crippen LogP contribution in [0.5, 0.6) is 23.0 Å². The van der Waals surface area contributed by atoms with E-state index in [1.807, 2.05) is 39.8 Å². The highest BCUT2D eigenvalue weighted by Crippen LogP contribution is 2.42. The van der Waals surface area contributed by atoms with Crippen LogP contribution in [0.25, 0.3) is 21.9 Å². The number of hydrogen-bond donors (Lipinski definition) is 3. The first-order chi connectivity index (χ1) is 14.1. The van der Waals surface area contributed by atoms with Gasteiger partial charge in [0.1, 0.15) is 28.1 Å². The lowest BCUT2D eigenvalue weighted by Crippen LogP contribution is -2.08. The summed E-state index contributed by atoms with van der Waals surface area (Å²) in [4.78, 5) is 13.3. The maximum absolute atomic E-state index is 13.3. The second kappa shape index (κ2) is 8.14. The molecule has 3 aromatic rings. The highest BCUT2D eigenvalue weighted by molar-refractivity contribution is 5.98. The van der Waals surface area contributed by atoms with Crippen LogP contribution in [-0.4, -0.2) is 22.4 Å². The van der Waals surface area contributed by atoms with Gasteiger partial charge < -0.3 is 24.5 Å². The third-order valence-corrected chi connectivity index (χ3v) is 4.97. The molecular formula is C24H26O6. The van der Waals surface area contributed by atoms with Crippen LogP contribution in [0.3, 0.4) is 0 Å². The van der Waals surface area contributed by atoms with E-state index in [1.54, 1.807) is 0 Å². The van der Waals surface area contributed by atoms with Crippen molar-refractivity contribution in [3.8, 4) is 23.0 Å². The van der Waals surface area contributed by atoms with Crippen LogP contribution in [-0.2, 0) is 12.8 Å². The Morgan fingerprint density at radius 1 is 0.967 bits per heavy atom. The first kappa shape index (κ1) is 21.3. The molecule has 0 aliphatic carbocycles. The lowest BCUT2D eigenvalue weighted by atomic mass is 9.96. The fourth-order valence-electron chi connectivity index (χ4n) is 3.42. The maximum atomic E-state index is 13.3. The predicted molar refractivity (Wildman–Crippen MR) is 118 cm³/mol. The molecule has 0 unspecified atom stereocenters. The normalized spacial score (nSPS) is 11.0. The standard InChI is InChI=1S/C24H26O6/c1-12(2)6-8-14-21(27)20-22(28)16-10-17(25)18(26)11-19(16)30-24(20)15(23(14)29-5)9-7-13(3)4/h6-7,10-11,25-27H,8-9H2,1-5H3. The van der Waals surface area contributed by atoms with Gasteiger partial charge in [-0.1, -0.05) is 23.3 Å². The van der Waals surface area contributed by atoms with Crippen LogP contribution in [0, 0.1) is 0 Å². The highest BCUT2D eigenvalue weighted by Gasteiger charge is 2.24. The summed E-state index contributed by atoms with van der Waals surface area (Å²) in [5.74, 6) is -0.576. The van der Waals surface area contributed by atoms with Gasteiger partial charge >= 0.3 is 0 Å². The topological polar surface area (TPSA) is 100 Å². The van der Waals surface area contributed by atoms with Gasteiger partial charge in [0.05, 0.1) is 12.5 Å². The number of phenols is 3. The molecule has 1 heterocycles.